The predicted molar refractivity (Wildman–Crippen MR) is 89.2 cm³/mol. The molecule has 0 fully saturated rings. The van der Waals surface area contributed by atoms with Crippen molar-refractivity contribution < 1.29 is 23.9 Å². The molecule has 0 aromatic rings. The number of rotatable bonds is 11. The highest BCUT2D eigenvalue weighted by Crippen LogP contribution is 2.16. The van der Waals surface area contributed by atoms with Gasteiger partial charge in [0.05, 0.1) is 18.2 Å². The number of ether oxygens (including phenoxy) is 2. The minimum atomic E-state index is -0.651. The first-order valence-corrected chi connectivity index (χ1v) is 8.63. The molecule has 0 aliphatic heterocycles. The second-order valence-corrected chi connectivity index (χ2v) is 5.79. The van der Waals surface area contributed by atoms with Gasteiger partial charge in [-0.2, -0.15) is 0 Å². The molecule has 132 valence electrons. The number of carbonyl (C=O) groups is 3. The van der Waals surface area contributed by atoms with Crippen LogP contribution in [-0.2, 0) is 23.9 Å². The average molecular weight is 346 g/mol. The summed E-state index contributed by atoms with van der Waals surface area (Å²) in [4.78, 5) is 34.4. The summed E-state index contributed by atoms with van der Waals surface area (Å²) in [5.74, 6) is -0.707. The van der Waals surface area contributed by atoms with E-state index in [0.29, 0.717) is 18.6 Å². The summed E-state index contributed by atoms with van der Waals surface area (Å²) < 4.78 is 9.72. The van der Waals surface area contributed by atoms with Gasteiger partial charge >= 0.3 is 11.9 Å². The Morgan fingerprint density at radius 2 is 1.83 bits per heavy atom. The Morgan fingerprint density at radius 1 is 1.13 bits per heavy atom. The topological polar surface area (TPSA) is 108 Å². The summed E-state index contributed by atoms with van der Waals surface area (Å²) in [5, 5.41) is 2.72. The van der Waals surface area contributed by atoms with Gasteiger partial charge in [0, 0.05) is 19.1 Å². The summed E-state index contributed by atoms with van der Waals surface area (Å²) in [7, 11) is 0. The molecule has 0 aromatic heterocycles. The Morgan fingerprint density at radius 3 is 2.39 bits per heavy atom. The van der Waals surface area contributed by atoms with Crippen LogP contribution in [0.2, 0.25) is 0 Å². The van der Waals surface area contributed by atoms with Crippen LogP contribution < -0.4 is 11.1 Å². The summed E-state index contributed by atoms with van der Waals surface area (Å²) >= 11 is 1.21. The molecule has 0 spiro atoms. The molecular formula is C15H26N2O5S. The van der Waals surface area contributed by atoms with Crippen LogP contribution in [0.15, 0.2) is 10.7 Å². The largest absolute Gasteiger partial charge is 0.466 e. The Bertz CT molecular complexity index is 438. The molecule has 0 saturated heterocycles. The van der Waals surface area contributed by atoms with Crippen LogP contribution in [-0.4, -0.2) is 36.8 Å². The van der Waals surface area contributed by atoms with E-state index in [0.717, 1.165) is 12.8 Å². The van der Waals surface area contributed by atoms with Crippen molar-refractivity contribution in [1.29, 1.82) is 0 Å². The molecule has 23 heavy (non-hydrogen) atoms. The van der Waals surface area contributed by atoms with E-state index < -0.39 is 5.97 Å². The molecule has 0 heterocycles. The number of thioether (sulfide) groups is 1. The maximum absolute atomic E-state index is 11.9. The fourth-order valence-corrected chi connectivity index (χ4v) is 2.25. The van der Waals surface area contributed by atoms with Crippen LogP contribution in [0.25, 0.3) is 0 Å². The first-order valence-electron chi connectivity index (χ1n) is 7.65. The van der Waals surface area contributed by atoms with Crippen molar-refractivity contribution in [2.45, 2.75) is 46.5 Å². The molecule has 0 rings (SSSR count). The number of amides is 1. The fraction of sp³-hybridized carbons (Fsp3) is 0.667. The van der Waals surface area contributed by atoms with Gasteiger partial charge in [0.1, 0.15) is 0 Å². The Labute approximate surface area is 141 Å². The molecule has 7 nitrogen and oxygen atoms in total. The fourth-order valence-electron chi connectivity index (χ4n) is 1.48. The molecule has 1 amide bonds. The third-order valence-corrected chi connectivity index (χ3v) is 3.61. The molecule has 0 atom stereocenters. The molecular weight excluding hydrogens is 320 g/mol. The lowest BCUT2D eigenvalue weighted by Gasteiger charge is -2.12. The third-order valence-electron chi connectivity index (χ3n) is 2.60. The highest BCUT2D eigenvalue weighted by atomic mass is 32.2. The molecule has 0 saturated carbocycles. The van der Waals surface area contributed by atoms with Gasteiger partial charge in [0.15, 0.2) is 5.70 Å². The Kier molecular flexibility index (Phi) is 11.9. The Hall–Kier alpha value is -1.70. The van der Waals surface area contributed by atoms with Gasteiger partial charge in [0.2, 0.25) is 5.91 Å². The Balaban J connectivity index is 4.63. The summed E-state index contributed by atoms with van der Waals surface area (Å²) in [6.07, 6.45) is 2.53. The van der Waals surface area contributed by atoms with Crippen LogP contribution in [0.5, 0.6) is 0 Å². The molecule has 8 heteroatoms. The number of esters is 2. The normalized spacial score (nSPS) is 11.4. The number of nitrogens with two attached hydrogens (primary N) is 1. The van der Waals surface area contributed by atoms with Crippen LogP contribution in [0.1, 0.15) is 46.5 Å². The lowest BCUT2D eigenvalue weighted by atomic mass is 10.2. The standard InChI is InChI=1S/C15H26N2O5S/c1-4-6-8-12(19)17-13(15(20)21-5-2)14(16)23-10-7-9-22-11(3)18/h4-10,16H2,1-3H3,(H,17,19)/b14-13+. The van der Waals surface area contributed by atoms with Gasteiger partial charge in [-0.25, -0.2) is 4.79 Å². The molecule has 0 unspecified atom stereocenters. The van der Waals surface area contributed by atoms with Gasteiger partial charge in [-0.15, -0.1) is 11.8 Å². The second kappa shape index (κ2) is 12.8. The van der Waals surface area contributed by atoms with Gasteiger partial charge in [-0.3, -0.25) is 9.59 Å². The highest BCUT2D eigenvalue weighted by molar-refractivity contribution is 8.03. The van der Waals surface area contributed by atoms with E-state index in [-0.39, 0.29) is 35.8 Å². The van der Waals surface area contributed by atoms with Crippen LogP contribution in [0, 0.1) is 0 Å². The molecule has 0 radical (unpaired) electrons. The maximum Gasteiger partial charge on any atom is 0.357 e. The monoisotopic (exact) mass is 346 g/mol. The SMILES string of the molecule is CCCCC(=O)N/C(C(=O)OCC)=C(\N)SCCCOC(C)=O. The minimum Gasteiger partial charge on any atom is -0.466 e. The van der Waals surface area contributed by atoms with Crippen molar-refractivity contribution in [3.8, 4) is 0 Å². The smallest absolute Gasteiger partial charge is 0.357 e. The van der Waals surface area contributed by atoms with Crippen molar-refractivity contribution in [3.05, 3.63) is 10.7 Å². The van der Waals surface area contributed by atoms with E-state index in [1.165, 1.54) is 18.7 Å². The number of carbonyl (C=O) groups excluding carboxylic acids is 3. The van der Waals surface area contributed by atoms with Crippen LogP contribution in [0.3, 0.4) is 0 Å². The zero-order valence-electron chi connectivity index (χ0n) is 14.0. The van der Waals surface area contributed by atoms with E-state index >= 15 is 0 Å². The van der Waals surface area contributed by atoms with Gasteiger partial charge in [-0.1, -0.05) is 13.3 Å². The lowest BCUT2D eigenvalue weighted by molar-refractivity contribution is -0.141. The second-order valence-electron chi connectivity index (χ2n) is 4.65. The molecule has 0 aromatic carbocycles. The molecule has 3 N–H and O–H groups in total. The number of hydrogen-bond donors (Lipinski definition) is 2. The third kappa shape index (κ3) is 10.6. The zero-order valence-corrected chi connectivity index (χ0v) is 14.8. The van der Waals surface area contributed by atoms with E-state index in [4.69, 9.17) is 15.2 Å². The lowest BCUT2D eigenvalue weighted by Crippen LogP contribution is -2.31. The van der Waals surface area contributed by atoms with Crippen molar-refractivity contribution in [3.63, 3.8) is 0 Å². The zero-order chi connectivity index (χ0) is 17.7. The average Bonchev–Trinajstić information content (AvgIpc) is 2.49. The van der Waals surface area contributed by atoms with Crippen molar-refractivity contribution >= 4 is 29.6 Å². The molecule has 0 aliphatic carbocycles. The van der Waals surface area contributed by atoms with Crippen molar-refractivity contribution in [2.24, 2.45) is 5.73 Å². The summed E-state index contributed by atoms with van der Waals surface area (Å²) in [6.45, 7) is 5.47. The van der Waals surface area contributed by atoms with Gasteiger partial charge in [-0.05, 0) is 19.8 Å². The highest BCUT2D eigenvalue weighted by Gasteiger charge is 2.18. The van der Waals surface area contributed by atoms with Gasteiger partial charge in [0.25, 0.3) is 0 Å². The van der Waals surface area contributed by atoms with Crippen LogP contribution >= 0.6 is 11.8 Å². The van der Waals surface area contributed by atoms with E-state index in [1.807, 2.05) is 6.92 Å². The van der Waals surface area contributed by atoms with E-state index in [2.05, 4.69) is 5.32 Å². The van der Waals surface area contributed by atoms with Gasteiger partial charge < -0.3 is 20.5 Å². The van der Waals surface area contributed by atoms with E-state index in [1.54, 1.807) is 6.92 Å². The molecule has 0 aliphatic rings. The number of hydrogen-bond acceptors (Lipinski definition) is 7. The summed E-state index contributed by atoms with van der Waals surface area (Å²) in [5.41, 5.74) is 5.86. The number of unbranched alkanes of at least 4 members (excludes halogenated alkanes) is 1. The van der Waals surface area contributed by atoms with E-state index in [9.17, 15) is 14.4 Å². The number of nitrogens with one attached hydrogen (secondary N) is 1. The summed E-state index contributed by atoms with van der Waals surface area (Å²) in [6, 6.07) is 0. The van der Waals surface area contributed by atoms with Crippen LogP contribution in [0.4, 0.5) is 0 Å². The maximum atomic E-state index is 11.9. The van der Waals surface area contributed by atoms with Crippen molar-refractivity contribution in [1.82, 2.24) is 5.32 Å². The predicted octanol–water partition coefficient (Wildman–Crippen LogP) is 1.67. The first-order chi connectivity index (χ1) is 10.9. The quantitative estimate of drug-likeness (QED) is 0.333. The molecule has 0 bridgehead atoms. The minimum absolute atomic E-state index is 0.0227. The van der Waals surface area contributed by atoms with Crippen molar-refractivity contribution in [2.75, 3.05) is 19.0 Å². The first kappa shape index (κ1) is 21.3.